The number of imidazole rings is 1. The van der Waals surface area contributed by atoms with Gasteiger partial charge in [0.2, 0.25) is 0 Å². The van der Waals surface area contributed by atoms with Crippen molar-refractivity contribution < 1.29 is 0 Å². The molecule has 2 N–H and O–H groups in total. The van der Waals surface area contributed by atoms with Gasteiger partial charge < -0.3 is 9.99 Å². The van der Waals surface area contributed by atoms with Gasteiger partial charge in [0.05, 0.1) is 12.4 Å². The van der Waals surface area contributed by atoms with Gasteiger partial charge in [0.25, 0.3) is 0 Å². The average molecular weight is 347 g/mol. The van der Waals surface area contributed by atoms with Crippen molar-refractivity contribution in [1.82, 2.24) is 15.0 Å². The van der Waals surface area contributed by atoms with E-state index < -0.39 is 0 Å². The van der Waals surface area contributed by atoms with Gasteiger partial charge in [0, 0.05) is 34.7 Å². The van der Waals surface area contributed by atoms with E-state index in [-0.39, 0.29) is 6.04 Å². The number of rotatable bonds is 6. The highest BCUT2D eigenvalue weighted by Gasteiger charge is 2.15. The third-order valence-corrected chi connectivity index (χ3v) is 4.02. The summed E-state index contributed by atoms with van der Waals surface area (Å²) in [5.41, 5.74) is 8.49. The van der Waals surface area contributed by atoms with Gasteiger partial charge in [-0.2, -0.15) is 0 Å². The minimum Gasteiger partial charge on any atom is -0.336 e. The molecule has 0 spiro atoms. The second-order valence-corrected chi connectivity index (χ2v) is 5.96. The van der Waals surface area contributed by atoms with E-state index in [4.69, 9.17) is 23.2 Å². The first kappa shape index (κ1) is 15.9. The van der Waals surface area contributed by atoms with Crippen LogP contribution in [0, 0.1) is 0 Å². The highest BCUT2D eigenvalue weighted by Crippen LogP contribution is 2.27. The molecule has 0 saturated heterocycles. The summed E-state index contributed by atoms with van der Waals surface area (Å²) in [5, 5.41) is 1.25. The number of benzene rings is 2. The van der Waals surface area contributed by atoms with Crippen molar-refractivity contribution in [2.24, 2.45) is 0 Å². The Morgan fingerprint density at radius 3 is 2.61 bits per heavy atom. The molecule has 23 heavy (non-hydrogen) atoms. The summed E-state index contributed by atoms with van der Waals surface area (Å²) in [5.74, 6) is 0. The van der Waals surface area contributed by atoms with Crippen LogP contribution in [0.2, 0.25) is 10.0 Å². The Kier molecular flexibility index (Phi) is 5.18. The first-order chi connectivity index (χ1) is 11.2. The molecule has 0 bridgehead atoms. The maximum Gasteiger partial charge on any atom is 0.0946 e. The lowest BCUT2D eigenvalue weighted by Crippen LogP contribution is -2.30. The summed E-state index contributed by atoms with van der Waals surface area (Å²) in [6, 6.07) is 15.4. The minimum atomic E-state index is -0.0471. The van der Waals surface area contributed by atoms with E-state index in [1.165, 1.54) is 0 Å². The molecule has 2 aromatic carbocycles. The van der Waals surface area contributed by atoms with Crippen LogP contribution in [0.4, 0.5) is 5.69 Å². The van der Waals surface area contributed by atoms with Crippen molar-refractivity contribution in [3.63, 3.8) is 0 Å². The van der Waals surface area contributed by atoms with Gasteiger partial charge in [-0.3, -0.25) is 0 Å². The summed E-state index contributed by atoms with van der Waals surface area (Å²) in [6.45, 7) is 0.682. The van der Waals surface area contributed by atoms with Crippen molar-refractivity contribution in [2.45, 2.75) is 12.6 Å². The molecular formula is C17H16Cl2N4. The molecule has 1 atom stereocenters. The van der Waals surface area contributed by atoms with E-state index in [2.05, 4.69) is 15.8 Å². The topological polar surface area (TPSA) is 41.9 Å². The van der Waals surface area contributed by atoms with Crippen molar-refractivity contribution in [1.29, 1.82) is 0 Å². The standard InChI is InChI=1S/C17H16Cl2N4/c18-13-6-7-15(16(19)10-13)17(11-23-9-8-20-12-23)22-21-14-4-2-1-3-5-14/h1-10,12,17,21-22H,11H2. The maximum atomic E-state index is 6.37. The van der Waals surface area contributed by atoms with Gasteiger partial charge in [-0.15, -0.1) is 0 Å². The number of nitrogens with one attached hydrogen (secondary N) is 2. The number of anilines is 1. The van der Waals surface area contributed by atoms with Gasteiger partial charge in [-0.05, 0) is 29.8 Å². The van der Waals surface area contributed by atoms with Crippen molar-refractivity contribution in [3.05, 3.63) is 82.9 Å². The molecule has 4 nitrogen and oxygen atoms in total. The Bertz CT molecular complexity index is 745. The Hall–Kier alpha value is -2.01. The van der Waals surface area contributed by atoms with E-state index >= 15 is 0 Å². The van der Waals surface area contributed by atoms with E-state index in [1.807, 2.05) is 53.2 Å². The zero-order valence-electron chi connectivity index (χ0n) is 12.3. The average Bonchev–Trinajstić information content (AvgIpc) is 3.06. The number of nitrogens with zero attached hydrogens (tertiary/aromatic N) is 2. The molecule has 0 amide bonds. The molecular weight excluding hydrogens is 331 g/mol. The Morgan fingerprint density at radius 1 is 1.09 bits per heavy atom. The van der Waals surface area contributed by atoms with Crippen LogP contribution in [0.1, 0.15) is 11.6 Å². The van der Waals surface area contributed by atoms with Crippen LogP contribution in [0.3, 0.4) is 0 Å². The molecule has 0 aliphatic rings. The Balaban J connectivity index is 1.81. The van der Waals surface area contributed by atoms with Crippen LogP contribution in [-0.4, -0.2) is 9.55 Å². The lowest BCUT2D eigenvalue weighted by molar-refractivity contribution is 0.497. The van der Waals surface area contributed by atoms with Gasteiger partial charge in [0.15, 0.2) is 0 Å². The van der Waals surface area contributed by atoms with Crippen LogP contribution < -0.4 is 10.9 Å². The predicted octanol–water partition coefficient (Wildman–Crippen LogP) is 4.55. The summed E-state index contributed by atoms with van der Waals surface area (Å²) >= 11 is 12.4. The van der Waals surface area contributed by atoms with E-state index in [0.29, 0.717) is 16.6 Å². The summed E-state index contributed by atoms with van der Waals surface area (Å²) in [4.78, 5) is 4.08. The van der Waals surface area contributed by atoms with Crippen molar-refractivity contribution >= 4 is 28.9 Å². The predicted molar refractivity (Wildman–Crippen MR) is 94.6 cm³/mol. The fraction of sp³-hybridized carbons (Fsp3) is 0.118. The lowest BCUT2D eigenvalue weighted by atomic mass is 10.1. The summed E-state index contributed by atoms with van der Waals surface area (Å²) < 4.78 is 2.00. The number of aromatic nitrogens is 2. The van der Waals surface area contributed by atoms with E-state index in [9.17, 15) is 0 Å². The van der Waals surface area contributed by atoms with E-state index in [0.717, 1.165) is 11.3 Å². The molecule has 0 aliphatic carbocycles. The molecule has 3 rings (SSSR count). The van der Waals surface area contributed by atoms with Gasteiger partial charge >= 0.3 is 0 Å². The molecule has 0 aliphatic heterocycles. The van der Waals surface area contributed by atoms with E-state index in [1.54, 1.807) is 18.6 Å². The molecule has 6 heteroatoms. The number of hydrogen-bond donors (Lipinski definition) is 2. The van der Waals surface area contributed by atoms with Crippen LogP contribution in [0.25, 0.3) is 0 Å². The third-order valence-electron chi connectivity index (χ3n) is 3.46. The molecule has 1 unspecified atom stereocenters. The SMILES string of the molecule is Clc1ccc(C(Cn2ccnc2)NNc2ccccc2)c(Cl)c1. The first-order valence-electron chi connectivity index (χ1n) is 7.19. The zero-order chi connectivity index (χ0) is 16.1. The first-order valence-corrected chi connectivity index (χ1v) is 7.95. The fourth-order valence-electron chi connectivity index (χ4n) is 2.30. The smallest absolute Gasteiger partial charge is 0.0946 e. The molecule has 1 aromatic heterocycles. The quantitative estimate of drug-likeness (QED) is 0.643. The molecule has 118 valence electrons. The number of hydrogen-bond acceptors (Lipinski definition) is 3. The molecule has 0 radical (unpaired) electrons. The number of hydrazine groups is 1. The normalized spacial score (nSPS) is 12.1. The van der Waals surface area contributed by atoms with Crippen molar-refractivity contribution in [2.75, 3.05) is 5.43 Å². The minimum absolute atomic E-state index is 0.0471. The van der Waals surface area contributed by atoms with Gasteiger partial charge in [-0.1, -0.05) is 47.5 Å². The number of halogens is 2. The van der Waals surface area contributed by atoms with Gasteiger partial charge in [0.1, 0.15) is 0 Å². The van der Waals surface area contributed by atoms with Crippen molar-refractivity contribution in [3.8, 4) is 0 Å². The van der Waals surface area contributed by atoms with Gasteiger partial charge in [-0.25, -0.2) is 10.4 Å². The Labute approximate surface area is 145 Å². The number of para-hydroxylation sites is 1. The largest absolute Gasteiger partial charge is 0.336 e. The second-order valence-electron chi connectivity index (χ2n) is 5.11. The van der Waals surface area contributed by atoms with Crippen LogP contribution in [0.15, 0.2) is 67.3 Å². The second kappa shape index (κ2) is 7.51. The highest BCUT2D eigenvalue weighted by atomic mass is 35.5. The summed E-state index contributed by atoms with van der Waals surface area (Å²) in [7, 11) is 0. The summed E-state index contributed by atoms with van der Waals surface area (Å²) in [6.07, 6.45) is 5.45. The zero-order valence-corrected chi connectivity index (χ0v) is 13.8. The lowest BCUT2D eigenvalue weighted by Gasteiger charge is -2.22. The van der Waals surface area contributed by atoms with Crippen LogP contribution in [-0.2, 0) is 6.54 Å². The third kappa shape index (κ3) is 4.26. The monoisotopic (exact) mass is 346 g/mol. The molecule has 3 aromatic rings. The maximum absolute atomic E-state index is 6.37. The fourth-order valence-corrected chi connectivity index (χ4v) is 2.84. The van der Waals surface area contributed by atoms with Crippen LogP contribution in [0.5, 0.6) is 0 Å². The highest BCUT2D eigenvalue weighted by molar-refractivity contribution is 6.35. The van der Waals surface area contributed by atoms with Crippen LogP contribution >= 0.6 is 23.2 Å². The molecule has 1 heterocycles. The molecule has 0 saturated carbocycles. The molecule has 0 fully saturated rings. The Morgan fingerprint density at radius 2 is 1.91 bits per heavy atom.